The lowest BCUT2D eigenvalue weighted by Gasteiger charge is -2.38. The van der Waals surface area contributed by atoms with Crippen LogP contribution in [0.4, 0.5) is 19.1 Å². The molecule has 3 aromatic rings. The number of ether oxygens (including phenoxy) is 1. The largest absolute Gasteiger partial charge is 0.486 e. The summed E-state index contributed by atoms with van der Waals surface area (Å²) < 4.78 is 45.4. The van der Waals surface area contributed by atoms with Crippen LogP contribution in [0.1, 0.15) is 35.1 Å². The third-order valence-electron chi connectivity index (χ3n) is 5.79. The van der Waals surface area contributed by atoms with Gasteiger partial charge in [-0.1, -0.05) is 18.2 Å². The van der Waals surface area contributed by atoms with Gasteiger partial charge >= 0.3 is 6.18 Å². The number of alkyl halides is 3. The minimum atomic E-state index is -4.45. The molecule has 9 heteroatoms. The Labute approximate surface area is 183 Å². The van der Waals surface area contributed by atoms with Crippen LogP contribution in [-0.2, 0) is 18.4 Å². The molecular weight excluding hydrogens is 421 g/mol. The minimum Gasteiger partial charge on any atom is -0.486 e. The van der Waals surface area contributed by atoms with Crippen LogP contribution in [0, 0.1) is 6.92 Å². The van der Waals surface area contributed by atoms with Crippen molar-refractivity contribution >= 4 is 5.95 Å². The number of benzene rings is 1. The van der Waals surface area contributed by atoms with Crippen LogP contribution in [0.15, 0.2) is 55.1 Å². The van der Waals surface area contributed by atoms with Crippen molar-refractivity contribution < 1.29 is 23.0 Å². The van der Waals surface area contributed by atoms with Crippen molar-refractivity contribution in [2.24, 2.45) is 0 Å². The van der Waals surface area contributed by atoms with Gasteiger partial charge in [-0.2, -0.15) is 13.2 Å². The summed E-state index contributed by atoms with van der Waals surface area (Å²) in [6.07, 6.45) is 2.82. The van der Waals surface area contributed by atoms with Crippen molar-refractivity contribution in [3.05, 3.63) is 77.4 Å². The lowest BCUT2D eigenvalue weighted by molar-refractivity contribution is -0.138. The standard InChI is InChI=1S/C23H23F3N4O2/c1-16-4-2-6-20(23(24,25)26)19(16)15-32-18-13-28-21(29-14-18)30-10-7-22(31,8-11-30)17-5-3-9-27-12-17/h2-6,9,12-14,31H,7-8,10-11,15H2,1H3. The van der Waals surface area contributed by atoms with E-state index in [1.807, 2.05) is 11.0 Å². The number of halogens is 3. The number of hydrogen-bond acceptors (Lipinski definition) is 6. The summed E-state index contributed by atoms with van der Waals surface area (Å²) >= 11 is 0. The Kier molecular flexibility index (Phi) is 6.01. The summed E-state index contributed by atoms with van der Waals surface area (Å²) in [5, 5.41) is 10.9. The summed E-state index contributed by atoms with van der Waals surface area (Å²) in [6.45, 7) is 2.51. The van der Waals surface area contributed by atoms with Gasteiger partial charge in [0.05, 0.1) is 23.6 Å². The van der Waals surface area contributed by atoms with Crippen molar-refractivity contribution in [2.45, 2.75) is 38.1 Å². The van der Waals surface area contributed by atoms with Gasteiger partial charge < -0.3 is 14.7 Å². The highest BCUT2D eigenvalue weighted by atomic mass is 19.4. The Morgan fingerprint density at radius 1 is 1.06 bits per heavy atom. The van der Waals surface area contributed by atoms with E-state index in [0.29, 0.717) is 37.4 Å². The normalized spacial score (nSPS) is 16.1. The Balaban J connectivity index is 1.39. The summed E-state index contributed by atoms with van der Waals surface area (Å²) in [4.78, 5) is 14.6. The molecule has 1 aliphatic heterocycles. The van der Waals surface area contributed by atoms with Gasteiger partial charge in [-0.25, -0.2) is 9.97 Å². The maximum absolute atomic E-state index is 13.3. The number of anilines is 1. The van der Waals surface area contributed by atoms with Crippen LogP contribution >= 0.6 is 0 Å². The van der Waals surface area contributed by atoms with E-state index in [1.54, 1.807) is 31.5 Å². The molecule has 2 aromatic heterocycles. The highest BCUT2D eigenvalue weighted by Crippen LogP contribution is 2.35. The van der Waals surface area contributed by atoms with Crippen molar-refractivity contribution in [1.82, 2.24) is 15.0 Å². The number of aliphatic hydroxyl groups is 1. The van der Waals surface area contributed by atoms with E-state index in [-0.39, 0.29) is 17.9 Å². The van der Waals surface area contributed by atoms with E-state index < -0.39 is 17.3 Å². The molecule has 1 N–H and O–H groups in total. The number of aromatic nitrogens is 3. The Hall–Kier alpha value is -3.20. The lowest BCUT2D eigenvalue weighted by atomic mass is 9.85. The molecule has 32 heavy (non-hydrogen) atoms. The molecule has 1 aromatic carbocycles. The summed E-state index contributed by atoms with van der Waals surface area (Å²) in [5.74, 6) is 0.770. The smallest absolute Gasteiger partial charge is 0.416 e. The predicted octanol–water partition coefficient (Wildman–Crippen LogP) is 4.27. The zero-order valence-electron chi connectivity index (χ0n) is 17.5. The molecule has 4 rings (SSSR count). The molecule has 0 atom stereocenters. The average molecular weight is 444 g/mol. The predicted molar refractivity (Wildman–Crippen MR) is 112 cm³/mol. The number of pyridine rings is 1. The quantitative estimate of drug-likeness (QED) is 0.634. The molecule has 1 aliphatic rings. The molecule has 1 fully saturated rings. The molecule has 0 saturated carbocycles. The van der Waals surface area contributed by atoms with Crippen molar-refractivity contribution in [3.63, 3.8) is 0 Å². The fraction of sp³-hybridized carbons (Fsp3) is 0.348. The van der Waals surface area contributed by atoms with Crippen LogP contribution in [-0.4, -0.2) is 33.1 Å². The molecule has 0 radical (unpaired) electrons. The van der Waals surface area contributed by atoms with E-state index in [9.17, 15) is 18.3 Å². The maximum atomic E-state index is 13.3. The highest BCUT2D eigenvalue weighted by Gasteiger charge is 2.35. The number of piperidine rings is 1. The Morgan fingerprint density at radius 3 is 2.41 bits per heavy atom. The van der Waals surface area contributed by atoms with Gasteiger partial charge in [0.2, 0.25) is 5.95 Å². The van der Waals surface area contributed by atoms with Crippen molar-refractivity contribution in [2.75, 3.05) is 18.0 Å². The molecule has 3 heterocycles. The van der Waals surface area contributed by atoms with E-state index in [4.69, 9.17) is 4.74 Å². The topological polar surface area (TPSA) is 71.4 Å². The monoisotopic (exact) mass is 444 g/mol. The summed E-state index contributed by atoms with van der Waals surface area (Å²) in [5.41, 5.74) is -0.248. The third-order valence-corrected chi connectivity index (χ3v) is 5.79. The fourth-order valence-electron chi connectivity index (χ4n) is 3.87. The molecule has 168 valence electrons. The number of aryl methyl sites for hydroxylation is 1. The van der Waals surface area contributed by atoms with Gasteiger partial charge in [0, 0.05) is 36.6 Å². The lowest BCUT2D eigenvalue weighted by Crippen LogP contribution is -2.43. The second kappa shape index (κ2) is 8.74. The third kappa shape index (κ3) is 4.67. The van der Waals surface area contributed by atoms with Gasteiger partial charge in [0.15, 0.2) is 5.75 Å². The molecule has 1 saturated heterocycles. The zero-order valence-corrected chi connectivity index (χ0v) is 17.5. The van der Waals surface area contributed by atoms with Gasteiger partial charge in [-0.15, -0.1) is 0 Å². The van der Waals surface area contributed by atoms with Gasteiger partial charge in [-0.05, 0) is 37.5 Å². The number of nitrogens with zero attached hydrogens (tertiary/aromatic N) is 4. The molecule has 0 bridgehead atoms. The second-order valence-corrected chi connectivity index (χ2v) is 7.87. The zero-order chi connectivity index (χ0) is 22.8. The minimum absolute atomic E-state index is 0.0924. The molecule has 0 aliphatic carbocycles. The molecular formula is C23H23F3N4O2. The van der Waals surface area contributed by atoms with Crippen LogP contribution in [0.25, 0.3) is 0 Å². The van der Waals surface area contributed by atoms with E-state index in [2.05, 4.69) is 15.0 Å². The fourth-order valence-corrected chi connectivity index (χ4v) is 3.87. The van der Waals surface area contributed by atoms with Crippen molar-refractivity contribution in [3.8, 4) is 5.75 Å². The summed E-state index contributed by atoms with van der Waals surface area (Å²) in [7, 11) is 0. The van der Waals surface area contributed by atoms with Crippen LogP contribution in [0.5, 0.6) is 5.75 Å². The average Bonchev–Trinajstić information content (AvgIpc) is 2.79. The second-order valence-electron chi connectivity index (χ2n) is 7.87. The molecule has 0 spiro atoms. The maximum Gasteiger partial charge on any atom is 0.416 e. The van der Waals surface area contributed by atoms with Crippen LogP contribution < -0.4 is 9.64 Å². The van der Waals surface area contributed by atoms with Crippen LogP contribution in [0.2, 0.25) is 0 Å². The van der Waals surface area contributed by atoms with Crippen molar-refractivity contribution in [1.29, 1.82) is 0 Å². The van der Waals surface area contributed by atoms with E-state index in [0.717, 1.165) is 11.6 Å². The van der Waals surface area contributed by atoms with Gasteiger partial charge in [0.1, 0.15) is 6.61 Å². The van der Waals surface area contributed by atoms with Gasteiger partial charge in [-0.3, -0.25) is 4.98 Å². The first-order chi connectivity index (χ1) is 15.3. The first-order valence-corrected chi connectivity index (χ1v) is 10.2. The first-order valence-electron chi connectivity index (χ1n) is 10.2. The first kappa shape index (κ1) is 22.0. The van der Waals surface area contributed by atoms with E-state index in [1.165, 1.54) is 18.5 Å². The molecule has 0 unspecified atom stereocenters. The molecule has 6 nitrogen and oxygen atoms in total. The Bertz CT molecular complexity index is 1050. The Morgan fingerprint density at radius 2 is 1.78 bits per heavy atom. The SMILES string of the molecule is Cc1cccc(C(F)(F)F)c1COc1cnc(N2CCC(O)(c3cccnc3)CC2)nc1. The van der Waals surface area contributed by atoms with Gasteiger partial charge in [0.25, 0.3) is 0 Å². The highest BCUT2D eigenvalue weighted by molar-refractivity contribution is 5.37. The summed E-state index contributed by atoms with van der Waals surface area (Å²) in [6, 6.07) is 7.72. The van der Waals surface area contributed by atoms with Crippen LogP contribution in [0.3, 0.4) is 0 Å². The number of rotatable bonds is 5. The molecule has 0 amide bonds. The van der Waals surface area contributed by atoms with E-state index >= 15 is 0 Å². The number of hydrogen-bond donors (Lipinski definition) is 1.